The number of hydrogen-bond donors (Lipinski definition) is 2. The minimum Gasteiger partial charge on any atom is -0.497 e. The Balaban J connectivity index is 1.42. The number of para-hydroxylation sites is 2. The predicted octanol–water partition coefficient (Wildman–Crippen LogP) is 1.10. The molecule has 27 heavy (non-hydrogen) atoms. The van der Waals surface area contributed by atoms with Gasteiger partial charge in [-0.3, -0.25) is 9.59 Å². The van der Waals surface area contributed by atoms with Crippen molar-refractivity contribution >= 4 is 18.0 Å². The predicted molar refractivity (Wildman–Crippen MR) is 98.1 cm³/mol. The number of fused-ring (bicyclic) bond motifs is 1. The number of hydrazone groups is 1. The molecule has 8 nitrogen and oxygen atoms in total. The van der Waals surface area contributed by atoms with E-state index in [9.17, 15) is 9.59 Å². The lowest BCUT2D eigenvalue weighted by molar-refractivity contribution is -0.132. The van der Waals surface area contributed by atoms with Crippen molar-refractivity contribution in [2.24, 2.45) is 5.10 Å². The summed E-state index contributed by atoms with van der Waals surface area (Å²) in [6, 6.07) is 14.3. The first-order valence-electron chi connectivity index (χ1n) is 8.28. The molecule has 0 aromatic heterocycles. The third-order valence-corrected chi connectivity index (χ3v) is 3.74. The minimum atomic E-state index is -0.810. The monoisotopic (exact) mass is 369 g/mol. The molecule has 3 rings (SSSR count). The van der Waals surface area contributed by atoms with Crippen LogP contribution in [0.25, 0.3) is 0 Å². The van der Waals surface area contributed by atoms with Crippen LogP contribution in [0, 0.1) is 0 Å². The number of methoxy groups -OCH3 is 1. The second-order valence-electron chi connectivity index (χ2n) is 5.65. The number of ether oxygens (including phenoxy) is 3. The molecule has 2 N–H and O–H groups in total. The summed E-state index contributed by atoms with van der Waals surface area (Å²) in [6.07, 6.45) is 0.685. The second kappa shape index (κ2) is 8.70. The van der Waals surface area contributed by atoms with E-state index in [-0.39, 0.29) is 13.2 Å². The van der Waals surface area contributed by atoms with Crippen LogP contribution in [-0.4, -0.2) is 44.4 Å². The molecule has 2 amide bonds. The van der Waals surface area contributed by atoms with Crippen molar-refractivity contribution in [3.63, 3.8) is 0 Å². The number of nitrogens with one attached hydrogen (secondary N) is 2. The second-order valence-corrected chi connectivity index (χ2v) is 5.65. The largest absolute Gasteiger partial charge is 0.497 e. The smallest absolute Gasteiger partial charge is 0.265 e. The molecule has 0 radical (unpaired) electrons. The minimum absolute atomic E-state index is 0.0834. The van der Waals surface area contributed by atoms with Crippen molar-refractivity contribution in [2.75, 3.05) is 20.3 Å². The average Bonchev–Trinajstić information content (AvgIpc) is 2.72. The van der Waals surface area contributed by atoms with E-state index in [4.69, 9.17) is 14.2 Å². The van der Waals surface area contributed by atoms with Gasteiger partial charge in [-0.25, -0.2) is 5.43 Å². The van der Waals surface area contributed by atoms with Crippen LogP contribution in [-0.2, 0) is 9.59 Å². The highest BCUT2D eigenvalue weighted by atomic mass is 16.6. The molecule has 0 aliphatic carbocycles. The molecule has 140 valence electrons. The summed E-state index contributed by atoms with van der Waals surface area (Å²) in [5.74, 6) is 0.934. The molecule has 2 aromatic carbocycles. The van der Waals surface area contributed by atoms with Crippen molar-refractivity contribution in [1.29, 1.82) is 0 Å². The number of benzene rings is 2. The number of hydrogen-bond acceptors (Lipinski definition) is 6. The molecular weight excluding hydrogens is 350 g/mol. The number of nitrogens with zero attached hydrogens (tertiary/aromatic N) is 1. The maximum atomic E-state index is 12.1. The van der Waals surface area contributed by atoms with Gasteiger partial charge in [-0.15, -0.1) is 0 Å². The zero-order chi connectivity index (χ0) is 19.1. The maximum absolute atomic E-state index is 12.1. The zero-order valence-corrected chi connectivity index (χ0v) is 14.7. The van der Waals surface area contributed by atoms with Crippen molar-refractivity contribution < 1.29 is 23.8 Å². The van der Waals surface area contributed by atoms with Gasteiger partial charge in [0, 0.05) is 0 Å². The molecule has 1 aliphatic heterocycles. The van der Waals surface area contributed by atoms with E-state index < -0.39 is 17.9 Å². The number of carbonyl (C=O) groups is 2. The SMILES string of the molecule is COc1ccc(/C=N/NC(=O)CNC(=O)C2COc3ccccc3O2)cc1. The summed E-state index contributed by atoms with van der Waals surface area (Å²) in [5, 5.41) is 6.34. The molecule has 0 saturated carbocycles. The Morgan fingerprint density at radius 2 is 1.93 bits per heavy atom. The van der Waals surface area contributed by atoms with Crippen LogP contribution in [0.2, 0.25) is 0 Å². The van der Waals surface area contributed by atoms with E-state index >= 15 is 0 Å². The number of amides is 2. The normalized spacial score (nSPS) is 15.2. The summed E-state index contributed by atoms with van der Waals surface area (Å²) >= 11 is 0. The first-order chi connectivity index (χ1) is 13.2. The standard InChI is InChI=1S/C19H19N3O5/c1-25-14-8-6-13(7-9-14)10-21-22-18(23)11-20-19(24)17-12-26-15-4-2-3-5-16(15)27-17/h2-10,17H,11-12H2,1H3,(H,20,24)(H,22,23)/b21-10+. The van der Waals surface area contributed by atoms with Gasteiger partial charge >= 0.3 is 0 Å². The van der Waals surface area contributed by atoms with Gasteiger partial charge in [0.1, 0.15) is 12.4 Å². The van der Waals surface area contributed by atoms with Crippen LogP contribution in [0.4, 0.5) is 0 Å². The van der Waals surface area contributed by atoms with Gasteiger partial charge in [0.2, 0.25) is 6.10 Å². The van der Waals surface area contributed by atoms with E-state index in [1.807, 2.05) is 6.07 Å². The first kappa shape index (κ1) is 18.2. The Morgan fingerprint density at radius 1 is 1.19 bits per heavy atom. The first-order valence-corrected chi connectivity index (χ1v) is 8.28. The lowest BCUT2D eigenvalue weighted by Crippen LogP contribution is -2.46. The Labute approximate surface area is 156 Å². The average molecular weight is 369 g/mol. The van der Waals surface area contributed by atoms with Gasteiger partial charge in [0.25, 0.3) is 11.8 Å². The Hall–Kier alpha value is -3.55. The van der Waals surface area contributed by atoms with E-state index in [1.165, 1.54) is 6.21 Å². The Kier molecular flexibility index (Phi) is 5.88. The molecule has 1 heterocycles. The molecule has 2 aromatic rings. The van der Waals surface area contributed by atoms with Crippen LogP contribution < -0.4 is 25.0 Å². The van der Waals surface area contributed by atoms with E-state index in [1.54, 1.807) is 49.6 Å². The van der Waals surface area contributed by atoms with Crippen molar-refractivity contribution in [1.82, 2.24) is 10.7 Å². The summed E-state index contributed by atoms with van der Waals surface area (Å²) in [7, 11) is 1.58. The maximum Gasteiger partial charge on any atom is 0.265 e. The Morgan fingerprint density at radius 3 is 2.67 bits per heavy atom. The molecular formula is C19H19N3O5. The van der Waals surface area contributed by atoms with E-state index in [0.29, 0.717) is 11.5 Å². The van der Waals surface area contributed by atoms with Crippen LogP contribution in [0.15, 0.2) is 53.6 Å². The highest BCUT2D eigenvalue weighted by molar-refractivity contribution is 5.88. The van der Waals surface area contributed by atoms with Gasteiger partial charge in [-0.1, -0.05) is 12.1 Å². The molecule has 8 heteroatoms. The lowest BCUT2D eigenvalue weighted by atomic mass is 10.2. The van der Waals surface area contributed by atoms with E-state index in [0.717, 1.165) is 11.3 Å². The number of rotatable bonds is 6. The van der Waals surface area contributed by atoms with Crippen LogP contribution in [0.5, 0.6) is 17.2 Å². The highest BCUT2D eigenvalue weighted by Crippen LogP contribution is 2.30. The van der Waals surface area contributed by atoms with Crippen molar-refractivity contribution in [3.05, 3.63) is 54.1 Å². The van der Waals surface area contributed by atoms with Crippen molar-refractivity contribution in [3.8, 4) is 17.2 Å². The van der Waals surface area contributed by atoms with Gasteiger partial charge in [-0.05, 0) is 42.0 Å². The lowest BCUT2D eigenvalue weighted by Gasteiger charge is -2.25. The topological polar surface area (TPSA) is 98.2 Å². The zero-order valence-electron chi connectivity index (χ0n) is 14.7. The Bertz CT molecular complexity index is 835. The highest BCUT2D eigenvalue weighted by Gasteiger charge is 2.27. The van der Waals surface area contributed by atoms with Crippen LogP contribution in [0.3, 0.4) is 0 Å². The van der Waals surface area contributed by atoms with Crippen molar-refractivity contribution in [2.45, 2.75) is 6.10 Å². The van der Waals surface area contributed by atoms with Crippen LogP contribution in [0.1, 0.15) is 5.56 Å². The van der Waals surface area contributed by atoms with Gasteiger partial charge < -0.3 is 19.5 Å². The molecule has 1 unspecified atom stereocenters. The molecule has 0 bridgehead atoms. The quantitative estimate of drug-likeness (QED) is 0.587. The third kappa shape index (κ3) is 4.97. The number of carbonyl (C=O) groups excluding carboxylic acids is 2. The molecule has 0 spiro atoms. The summed E-state index contributed by atoms with van der Waals surface area (Å²) in [6.45, 7) is -0.139. The summed E-state index contributed by atoms with van der Waals surface area (Å²) < 4.78 is 16.1. The van der Waals surface area contributed by atoms with Gasteiger partial charge in [-0.2, -0.15) is 5.10 Å². The van der Waals surface area contributed by atoms with Gasteiger partial charge in [0.15, 0.2) is 11.5 Å². The molecule has 1 aliphatic rings. The summed E-state index contributed by atoms with van der Waals surface area (Å²) in [5.41, 5.74) is 3.14. The fraction of sp³-hybridized carbons (Fsp3) is 0.211. The fourth-order valence-electron chi connectivity index (χ4n) is 2.34. The molecule has 0 fully saturated rings. The third-order valence-electron chi connectivity index (χ3n) is 3.74. The molecule has 0 saturated heterocycles. The van der Waals surface area contributed by atoms with Crippen LogP contribution >= 0.6 is 0 Å². The summed E-state index contributed by atoms with van der Waals surface area (Å²) in [4.78, 5) is 23.9. The fourth-order valence-corrected chi connectivity index (χ4v) is 2.34. The molecule has 1 atom stereocenters. The van der Waals surface area contributed by atoms with Gasteiger partial charge in [0.05, 0.1) is 19.9 Å². The van der Waals surface area contributed by atoms with E-state index in [2.05, 4.69) is 15.8 Å².